The van der Waals surface area contributed by atoms with Crippen molar-refractivity contribution in [1.29, 1.82) is 0 Å². The highest BCUT2D eigenvalue weighted by Gasteiger charge is 2.49. The Balaban J connectivity index is 2.07. The van der Waals surface area contributed by atoms with Gasteiger partial charge in [-0.15, -0.1) is 0 Å². The standard InChI is InChI=1S/C54H90N2O16/c1-11-13-31(3)15-17-35(7)43-25-41(59)23-39(57)19-33(5)21-46-38(10)48(70-52(56)64)28-54(66,72-46)30-50(62)68-44(36(8)18-16-32(4)14-12-2)26-42(60)24-40(58)20-34(6)22-45-37(9)47(69-51(55)63)27-53(65,71-45)29-49(61)67-43/h11-14,21-22,31-32,35-48,57-60,65-66H,15-20,23-30H2,1-10H3,(H2,55,63)(H2,56,64)/b13-11+,14-12+,33-21-,34-22-. The molecule has 3 aliphatic heterocycles. The van der Waals surface area contributed by atoms with Crippen LogP contribution in [-0.2, 0) is 38.0 Å². The fourth-order valence-electron chi connectivity index (χ4n) is 10.3. The Morgan fingerprint density at radius 1 is 0.639 bits per heavy atom. The molecule has 0 saturated carbocycles. The number of carbonyl (C=O) groups is 4. The van der Waals surface area contributed by atoms with Crippen LogP contribution in [0.5, 0.6) is 0 Å². The van der Waals surface area contributed by atoms with E-state index in [1.54, 1.807) is 39.8 Å². The average molecular weight is 1020 g/mol. The number of nitrogens with two attached hydrogens (primary N) is 2. The number of hydrogen-bond acceptors (Lipinski definition) is 16. The van der Waals surface area contributed by atoms with Gasteiger partial charge in [0.2, 0.25) is 0 Å². The van der Waals surface area contributed by atoms with E-state index in [2.05, 4.69) is 26.0 Å². The Morgan fingerprint density at radius 2 is 0.986 bits per heavy atom. The van der Waals surface area contributed by atoms with Gasteiger partial charge < -0.3 is 70.5 Å². The zero-order valence-electron chi connectivity index (χ0n) is 44.5. The van der Waals surface area contributed by atoms with Crippen molar-refractivity contribution in [3.05, 3.63) is 47.6 Å². The van der Waals surface area contributed by atoms with Crippen molar-refractivity contribution in [2.75, 3.05) is 0 Å². The number of cyclic esters (lactones) is 2. The van der Waals surface area contributed by atoms with Gasteiger partial charge in [-0.1, -0.05) is 89.1 Å². The monoisotopic (exact) mass is 1020 g/mol. The van der Waals surface area contributed by atoms with Crippen LogP contribution in [0.1, 0.15) is 159 Å². The molecule has 18 nitrogen and oxygen atoms in total. The van der Waals surface area contributed by atoms with Gasteiger partial charge in [-0.3, -0.25) is 9.59 Å². The van der Waals surface area contributed by atoms with Crippen LogP contribution in [0.15, 0.2) is 47.6 Å². The number of aliphatic hydroxyl groups excluding tert-OH is 4. The number of aliphatic hydroxyl groups is 6. The van der Waals surface area contributed by atoms with Gasteiger partial charge >= 0.3 is 24.1 Å². The van der Waals surface area contributed by atoms with Crippen LogP contribution in [0, 0.1) is 35.5 Å². The van der Waals surface area contributed by atoms with Crippen molar-refractivity contribution in [1.82, 2.24) is 0 Å². The van der Waals surface area contributed by atoms with Gasteiger partial charge in [0.05, 0.1) is 49.5 Å². The maximum absolute atomic E-state index is 13.9. The van der Waals surface area contributed by atoms with Gasteiger partial charge in [-0.2, -0.15) is 0 Å². The summed E-state index contributed by atoms with van der Waals surface area (Å²) >= 11 is 0. The highest BCUT2D eigenvalue weighted by molar-refractivity contribution is 5.71. The summed E-state index contributed by atoms with van der Waals surface area (Å²) in [6.07, 6.45) is -0.365. The zero-order chi connectivity index (χ0) is 54.1. The molecule has 3 heterocycles. The van der Waals surface area contributed by atoms with Gasteiger partial charge in [-0.25, -0.2) is 9.59 Å². The first kappa shape index (κ1) is 62.4. The molecule has 18 atom stereocenters. The van der Waals surface area contributed by atoms with E-state index in [-0.39, 0.29) is 75.0 Å². The first-order valence-corrected chi connectivity index (χ1v) is 26.1. The SMILES string of the molecule is C/C=C/C(C)CCC(C)C1CC(O)CC(O)C/C(C)=C\C2OC(O)(CC(=O)OC(C(C)CCC(C)/C=C/C)CC(O)CC(O)C/C(C)=C\C3OC(O)(CC(=O)O1)CC(OC(N)=O)C3C)CC(OC(N)=O)C2C. The molecule has 2 amide bonds. The van der Waals surface area contributed by atoms with Crippen molar-refractivity contribution in [2.45, 2.75) is 232 Å². The van der Waals surface area contributed by atoms with E-state index >= 15 is 0 Å². The van der Waals surface area contributed by atoms with E-state index in [9.17, 15) is 49.8 Å². The molecule has 18 unspecified atom stereocenters. The molecule has 18 heteroatoms. The first-order chi connectivity index (χ1) is 33.6. The van der Waals surface area contributed by atoms with Gasteiger partial charge in [0.15, 0.2) is 11.6 Å². The smallest absolute Gasteiger partial charge is 0.404 e. The predicted octanol–water partition coefficient (Wildman–Crippen LogP) is 6.69. The molecule has 4 bridgehead atoms. The number of rotatable bonds is 12. The largest absolute Gasteiger partial charge is 0.462 e. The number of allylic oxidation sites excluding steroid dienone is 4. The van der Waals surface area contributed by atoms with Gasteiger partial charge in [-0.05, 0) is 103 Å². The highest BCUT2D eigenvalue weighted by atomic mass is 16.7. The molecule has 412 valence electrons. The molecule has 0 aromatic carbocycles. The van der Waals surface area contributed by atoms with Crippen molar-refractivity contribution in [2.24, 2.45) is 47.0 Å². The predicted molar refractivity (Wildman–Crippen MR) is 269 cm³/mol. The summed E-state index contributed by atoms with van der Waals surface area (Å²) in [5.74, 6) is -7.29. The van der Waals surface area contributed by atoms with Crippen LogP contribution in [0.4, 0.5) is 9.59 Å². The molecule has 0 aromatic heterocycles. The molecular formula is C54H90N2O16. The summed E-state index contributed by atoms with van der Waals surface area (Å²) in [7, 11) is 0. The molecule has 2 fully saturated rings. The molecule has 3 aliphatic rings. The maximum atomic E-state index is 13.9. The normalized spacial score (nSPS) is 37.8. The molecular weight excluding hydrogens is 933 g/mol. The van der Waals surface area contributed by atoms with Crippen LogP contribution in [0.2, 0.25) is 0 Å². The van der Waals surface area contributed by atoms with Crippen molar-refractivity contribution >= 4 is 24.1 Å². The second-order valence-corrected chi connectivity index (χ2v) is 21.7. The lowest BCUT2D eigenvalue weighted by Crippen LogP contribution is -2.53. The minimum Gasteiger partial charge on any atom is -0.462 e. The second-order valence-electron chi connectivity index (χ2n) is 21.7. The second kappa shape index (κ2) is 29.3. The molecule has 0 aromatic rings. The number of amides is 2. The number of esters is 2. The Bertz CT molecular complexity index is 1730. The molecule has 0 radical (unpaired) electrons. The minimum absolute atomic E-state index is 0.0437. The lowest BCUT2D eigenvalue weighted by molar-refractivity contribution is -0.280. The van der Waals surface area contributed by atoms with Crippen LogP contribution < -0.4 is 11.5 Å². The Kier molecular flexibility index (Phi) is 25.4. The fourth-order valence-corrected chi connectivity index (χ4v) is 10.3. The average Bonchev–Trinajstić information content (AvgIpc) is 3.23. The Labute approximate surface area is 427 Å². The van der Waals surface area contributed by atoms with Crippen molar-refractivity contribution in [3.8, 4) is 0 Å². The molecule has 2 saturated heterocycles. The fraction of sp³-hybridized carbons (Fsp3) is 0.778. The molecule has 3 rings (SSSR count). The van der Waals surface area contributed by atoms with Crippen LogP contribution >= 0.6 is 0 Å². The van der Waals surface area contributed by atoms with E-state index in [4.69, 9.17) is 39.9 Å². The van der Waals surface area contributed by atoms with Gasteiger partial charge in [0.25, 0.3) is 0 Å². The van der Waals surface area contributed by atoms with Crippen molar-refractivity contribution < 1.29 is 78.2 Å². The third-order valence-corrected chi connectivity index (χ3v) is 14.5. The van der Waals surface area contributed by atoms with Crippen molar-refractivity contribution in [3.63, 3.8) is 0 Å². The van der Waals surface area contributed by atoms with E-state index in [1.807, 2.05) is 39.8 Å². The maximum Gasteiger partial charge on any atom is 0.404 e. The first-order valence-electron chi connectivity index (χ1n) is 26.1. The summed E-state index contributed by atoms with van der Waals surface area (Å²) in [6.45, 7) is 18.7. The van der Waals surface area contributed by atoms with Crippen LogP contribution in [-0.4, -0.2) is 127 Å². The van der Waals surface area contributed by atoms with E-state index < -0.39 is 121 Å². The lowest BCUT2D eigenvalue weighted by atomic mass is 9.85. The summed E-state index contributed by atoms with van der Waals surface area (Å²) < 4.78 is 35.4. The molecule has 0 aliphatic carbocycles. The topological polar surface area (TPSA) is 297 Å². The zero-order valence-corrected chi connectivity index (χ0v) is 44.5. The Morgan fingerprint density at radius 3 is 1.31 bits per heavy atom. The number of carbonyl (C=O) groups excluding carboxylic acids is 4. The number of primary amides is 2. The lowest BCUT2D eigenvalue weighted by Gasteiger charge is -2.43. The molecule has 0 spiro atoms. The third-order valence-electron chi connectivity index (χ3n) is 14.5. The van der Waals surface area contributed by atoms with E-state index in [0.29, 0.717) is 24.0 Å². The van der Waals surface area contributed by atoms with Crippen LogP contribution in [0.25, 0.3) is 0 Å². The summed E-state index contributed by atoms with van der Waals surface area (Å²) in [4.78, 5) is 51.9. The summed E-state index contributed by atoms with van der Waals surface area (Å²) in [5, 5.41) is 69.4. The van der Waals surface area contributed by atoms with Gasteiger partial charge in [0, 0.05) is 37.5 Å². The number of ether oxygens (including phenoxy) is 6. The third kappa shape index (κ3) is 21.5. The molecule has 10 N–H and O–H groups in total. The quantitative estimate of drug-likeness (QED) is 0.0574. The summed E-state index contributed by atoms with van der Waals surface area (Å²) in [5.41, 5.74) is 12.1. The highest BCUT2D eigenvalue weighted by Crippen LogP contribution is 2.39. The van der Waals surface area contributed by atoms with E-state index in [1.165, 1.54) is 0 Å². The van der Waals surface area contributed by atoms with E-state index in [0.717, 1.165) is 12.8 Å². The molecule has 72 heavy (non-hydrogen) atoms. The van der Waals surface area contributed by atoms with Gasteiger partial charge in [0.1, 0.15) is 24.4 Å². The summed E-state index contributed by atoms with van der Waals surface area (Å²) in [6, 6.07) is 0. The Hall–Kier alpha value is -3.88. The number of fused-ring (bicyclic) bond motifs is 4. The van der Waals surface area contributed by atoms with Crippen LogP contribution in [0.3, 0.4) is 0 Å². The number of hydrogen-bond donors (Lipinski definition) is 8. The minimum atomic E-state index is -2.19.